The predicted octanol–water partition coefficient (Wildman–Crippen LogP) is 0.495. The third-order valence-corrected chi connectivity index (χ3v) is 3.14. The lowest BCUT2D eigenvalue weighted by Crippen LogP contribution is -2.29. The van der Waals surface area contributed by atoms with E-state index < -0.39 is 11.9 Å². The molecule has 0 spiro atoms. The van der Waals surface area contributed by atoms with E-state index in [1.54, 1.807) is 6.92 Å². The van der Waals surface area contributed by atoms with E-state index in [0.717, 1.165) is 0 Å². The molecule has 1 fully saturated rings. The first-order valence-electron chi connectivity index (χ1n) is 5.86. The molecule has 7 heteroatoms. The van der Waals surface area contributed by atoms with Crippen molar-refractivity contribution in [1.29, 1.82) is 0 Å². The molecule has 2 N–H and O–H groups in total. The van der Waals surface area contributed by atoms with Crippen LogP contribution in [-0.2, 0) is 16.1 Å². The number of rotatable bonds is 4. The van der Waals surface area contributed by atoms with E-state index in [1.165, 1.54) is 0 Å². The van der Waals surface area contributed by atoms with Crippen molar-refractivity contribution in [3.63, 3.8) is 0 Å². The largest absolute Gasteiger partial charge is 0.481 e. The maximum atomic E-state index is 11.8. The molecule has 2 atom stereocenters. The Labute approximate surface area is 104 Å². The van der Waals surface area contributed by atoms with Crippen molar-refractivity contribution in [3.8, 4) is 0 Å². The Hall–Kier alpha value is -1.92. The minimum absolute atomic E-state index is 0.144. The molecule has 2 unspecified atom stereocenters. The number of carbonyl (C=O) groups is 2. The van der Waals surface area contributed by atoms with Gasteiger partial charge in [-0.25, -0.2) is 0 Å². The lowest BCUT2D eigenvalue weighted by atomic mass is 10.0. The van der Waals surface area contributed by atoms with Gasteiger partial charge in [0.25, 0.3) is 0 Å². The van der Waals surface area contributed by atoms with Crippen LogP contribution in [0.3, 0.4) is 0 Å². The fourth-order valence-corrected chi connectivity index (χ4v) is 2.16. The van der Waals surface area contributed by atoms with Crippen molar-refractivity contribution in [2.75, 3.05) is 0 Å². The molecule has 1 aliphatic rings. The number of aliphatic carboxylic acids is 1. The summed E-state index contributed by atoms with van der Waals surface area (Å²) >= 11 is 0. The summed E-state index contributed by atoms with van der Waals surface area (Å²) in [4.78, 5) is 26.6. The van der Waals surface area contributed by atoms with Crippen molar-refractivity contribution in [1.82, 2.24) is 15.5 Å². The monoisotopic (exact) mass is 253 g/mol. The van der Waals surface area contributed by atoms with Crippen LogP contribution in [0.1, 0.15) is 31.0 Å². The van der Waals surface area contributed by atoms with Crippen LogP contribution < -0.4 is 5.32 Å². The molecule has 0 radical (unpaired) electrons. The lowest BCUT2D eigenvalue weighted by Gasteiger charge is -2.08. The summed E-state index contributed by atoms with van der Waals surface area (Å²) in [6.45, 7) is 1.89. The fraction of sp³-hybridized carbons (Fsp3) is 0.636. The van der Waals surface area contributed by atoms with Gasteiger partial charge in [0.1, 0.15) is 0 Å². The summed E-state index contributed by atoms with van der Waals surface area (Å²) in [5.74, 6) is -0.714. The highest BCUT2D eigenvalue weighted by molar-refractivity contribution is 5.80. The van der Waals surface area contributed by atoms with Gasteiger partial charge in [0.2, 0.25) is 11.8 Å². The molecule has 7 nitrogen and oxygen atoms in total. The number of amides is 1. The number of hydrogen-bond donors (Lipinski definition) is 2. The Morgan fingerprint density at radius 2 is 2.17 bits per heavy atom. The van der Waals surface area contributed by atoms with E-state index in [4.69, 9.17) is 9.63 Å². The third kappa shape index (κ3) is 2.85. The van der Waals surface area contributed by atoms with Gasteiger partial charge in [-0.3, -0.25) is 9.59 Å². The zero-order valence-electron chi connectivity index (χ0n) is 10.0. The van der Waals surface area contributed by atoms with Crippen molar-refractivity contribution in [3.05, 3.63) is 11.7 Å². The molecule has 1 aliphatic carbocycles. The van der Waals surface area contributed by atoms with Gasteiger partial charge in [0.05, 0.1) is 12.5 Å². The van der Waals surface area contributed by atoms with Gasteiger partial charge in [-0.15, -0.1) is 0 Å². The Balaban J connectivity index is 1.80. The van der Waals surface area contributed by atoms with Crippen molar-refractivity contribution in [2.45, 2.75) is 32.7 Å². The van der Waals surface area contributed by atoms with Gasteiger partial charge in [-0.05, 0) is 26.2 Å². The van der Waals surface area contributed by atoms with E-state index in [1.807, 2.05) is 0 Å². The molecule has 18 heavy (non-hydrogen) atoms. The molecule has 1 saturated carbocycles. The highest BCUT2D eigenvalue weighted by Crippen LogP contribution is 2.31. The van der Waals surface area contributed by atoms with Gasteiger partial charge in [-0.2, -0.15) is 4.98 Å². The zero-order valence-corrected chi connectivity index (χ0v) is 10.0. The Kier molecular flexibility index (Phi) is 3.59. The van der Waals surface area contributed by atoms with Gasteiger partial charge in [-0.1, -0.05) is 5.16 Å². The zero-order chi connectivity index (χ0) is 13.1. The van der Waals surface area contributed by atoms with Crippen molar-refractivity contribution < 1.29 is 19.2 Å². The summed E-state index contributed by atoms with van der Waals surface area (Å²) in [7, 11) is 0. The van der Waals surface area contributed by atoms with Crippen LogP contribution in [0.5, 0.6) is 0 Å². The smallest absolute Gasteiger partial charge is 0.306 e. The fourth-order valence-electron chi connectivity index (χ4n) is 2.16. The summed E-state index contributed by atoms with van der Waals surface area (Å²) in [5, 5.41) is 15.2. The van der Waals surface area contributed by atoms with Gasteiger partial charge < -0.3 is 14.9 Å². The number of nitrogens with one attached hydrogen (secondary N) is 1. The maximum Gasteiger partial charge on any atom is 0.306 e. The molecule has 0 bridgehead atoms. The number of aryl methyl sites for hydroxylation is 1. The molecular weight excluding hydrogens is 238 g/mol. The number of carbonyl (C=O) groups excluding carboxylic acids is 1. The Morgan fingerprint density at radius 1 is 1.44 bits per heavy atom. The molecule has 0 saturated heterocycles. The predicted molar refractivity (Wildman–Crippen MR) is 59.3 cm³/mol. The molecular formula is C11H15N3O4. The second-order valence-electron chi connectivity index (χ2n) is 4.50. The Morgan fingerprint density at radius 3 is 2.72 bits per heavy atom. The molecule has 1 heterocycles. The van der Waals surface area contributed by atoms with Crippen LogP contribution in [0, 0.1) is 18.8 Å². The molecule has 1 amide bonds. The normalized spacial score (nSPS) is 22.9. The van der Waals surface area contributed by atoms with Crippen LogP contribution in [0.4, 0.5) is 0 Å². The third-order valence-electron chi connectivity index (χ3n) is 3.14. The lowest BCUT2D eigenvalue weighted by molar-refractivity contribution is -0.141. The van der Waals surface area contributed by atoms with Crippen LogP contribution in [0.2, 0.25) is 0 Å². The average Bonchev–Trinajstić information content (AvgIpc) is 2.94. The summed E-state index contributed by atoms with van der Waals surface area (Å²) in [5.41, 5.74) is 0. The molecule has 0 aromatic carbocycles. The summed E-state index contributed by atoms with van der Waals surface area (Å²) in [6, 6.07) is 0. The highest BCUT2D eigenvalue weighted by Gasteiger charge is 2.33. The minimum Gasteiger partial charge on any atom is -0.481 e. The summed E-state index contributed by atoms with van der Waals surface area (Å²) in [6.07, 6.45) is 1.59. The quantitative estimate of drug-likeness (QED) is 0.809. The van der Waals surface area contributed by atoms with Crippen LogP contribution in [0.15, 0.2) is 4.52 Å². The molecule has 2 rings (SSSR count). The van der Waals surface area contributed by atoms with Crippen LogP contribution >= 0.6 is 0 Å². The minimum atomic E-state index is -0.821. The maximum absolute atomic E-state index is 11.8. The van der Waals surface area contributed by atoms with Gasteiger partial charge in [0.15, 0.2) is 5.82 Å². The first kappa shape index (κ1) is 12.5. The second-order valence-corrected chi connectivity index (χ2v) is 4.50. The number of carboxylic acid groups (broad SMARTS) is 1. The standard InChI is InChI=1S/C11H15N3O4/c1-6-13-9(18-14-6)5-12-10(15)7-2-3-8(4-7)11(16)17/h7-8H,2-5H2,1H3,(H,12,15)(H,16,17). The van der Waals surface area contributed by atoms with Crippen molar-refractivity contribution >= 4 is 11.9 Å². The number of carboxylic acids is 1. The highest BCUT2D eigenvalue weighted by atomic mass is 16.5. The van der Waals surface area contributed by atoms with Gasteiger partial charge >= 0.3 is 5.97 Å². The van der Waals surface area contributed by atoms with Crippen LogP contribution in [-0.4, -0.2) is 27.1 Å². The summed E-state index contributed by atoms with van der Waals surface area (Å²) < 4.78 is 4.87. The molecule has 0 aliphatic heterocycles. The van der Waals surface area contributed by atoms with Gasteiger partial charge in [0, 0.05) is 5.92 Å². The first-order valence-corrected chi connectivity index (χ1v) is 5.86. The Bertz CT molecular complexity index is 457. The van der Waals surface area contributed by atoms with E-state index in [0.29, 0.717) is 31.0 Å². The van der Waals surface area contributed by atoms with E-state index in [9.17, 15) is 9.59 Å². The van der Waals surface area contributed by atoms with Crippen molar-refractivity contribution in [2.24, 2.45) is 11.8 Å². The molecule has 1 aromatic rings. The molecule has 98 valence electrons. The van der Waals surface area contributed by atoms with E-state index >= 15 is 0 Å². The first-order chi connectivity index (χ1) is 8.56. The van der Waals surface area contributed by atoms with E-state index in [-0.39, 0.29) is 18.4 Å². The van der Waals surface area contributed by atoms with Crippen LogP contribution in [0.25, 0.3) is 0 Å². The second kappa shape index (κ2) is 5.16. The number of hydrogen-bond acceptors (Lipinski definition) is 5. The SMILES string of the molecule is Cc1noc(CNC(=O)C2CCC(C(=O)O)C2)n1. The topological polar surface area (TPSA) is 105 Å². The molecule has 1 aromatic heterocycles. The average molecular weight is 253 g/mol. The number of nitrogens with zero attached hydrogens (tertiary/aromatic N) is 2. The number of aromatic nitrogens is 2. The van der Waals surface area contributed by atoms with E-state index in [2.05, 4.69) is 15.5 Å².